The van der Waals surface area contributed by atoms with E-state index in [1.54, 1.807) is 6.33 Å². The molecule has 1 aliphatic rings. The molecule has 0 aromatic carbocycles. The average Bonchev–Trinajstić information content (AvgIpc) is 3.30. The van der Waals surface area contributed by atoms with E-state index in [-0.39, 0.29) is 18.0 Å². The summed E-state index contributed by atoms with van der Waals surface area (Å²) in [5.74, 6) is 1.55. The maximum atomic E-state index is 12.2. The number of likely N-dealkylation sites (tertiary alicyclic amines) is 1. The first-order valence-corrected chi connectivity index (χ1v) is 10.8. The third-order valence-electron chi connectivity index (χ3n) is 4.96. The van der Waals surface area contributed by atoms with Crippen molar-refractivity contribution in [1.82, 2.24) is 35.6 Å². The van der Waals surface area contributed by atoms with E-state index in [0.717, 1.165) is 38.4 Å². The lowest BCUT2D eigenvalue weighted by Crippen LogP contribution is -2.46. The predicted octanol–water partition coefficient (Wildman–Crippen LogP) is 0.775. The van der Waals surface area contributed by atoms with Gasteiger partial charge in [0, 0.05) is 37.6 Å². The number of amides is 1. The smallest absolute Gasteiger partial charge is 0.242 e. The summed E-state index contributed by atoms with van der Waals surface area (Å²) >= 11 is 0. The number of aryl methyl sites for hydroxylation is 1. The summed E-state index contributed by atoms with van der Waals surface area (Å²) in [4.78, 5) is 19.2. The van der Waals surface area contributed by atoms with Crippen LogP contribution < -0.4 is 16.0 Å². The largest absolute Gasteiger partial charge is 0.355 e. The van der Waals surface area contributed by atoms with Gasteiger partial charge in [0.1, 0.15) is 18.7 Å². The summed E-state index contributed by atoms with van der Waals surface area (Å²) in [7, 11) is 0. The Balaban J connectivity index is 1.92. The van der Waals surface area contributed by atoms with Crippen LogP contribution in [0, 0.1) is 0 Å². The van der Waals surface area contributed by atoms with Crippen molar-refractivity contribution >= 4 is 11.9 Å². The summed E-state index contributed by atoms with van der Waals surface area (Å²) in [5, 5.41) is 17.8. The SMILES string of the molecule is CCc1nncn1CCNC(=NCC(=O)NC(C)(C)C)NCC1CCCN1CC. The zero-order valence-corrected chi connectivity index (χ0v) is 18.7. The van der Waals surface area contributed by atoms with E-state index in [4.69, 9.17) is 0 Å². The van der Waals surface area contributed by atoms with Crippen molar-refractivity contribution in [1.29, 1.82) is 0 Å². The van der Waals surface area contributed by atoms with Crippen LogP contribution in [0.5, 0.6) is 0 Å². The number of carbonyl (C=O) groups is 1. The van der Waals surface area contributed by atoms with Crippen molar-refractivity contribution in [3.63, 3.8) is 0 Å². The van der Waals surface area contributed by atoms with Gasteiger partial charge in [0.25, 0.3) is 0 Å². The second-order valence-electron chi connectivity index (χ2n) is 8.49. The molecule has 2 rings (SSSR count). The molecule has 9 nitrogen and oxygen atoms in total. The second-order valence-corrected chi connectivity index (χ2v) is 8.49. The molecule has 1 fully saturated rings. The number of likely N-dealkylation sites (N-methyl/N-ethyl adjacent to an activating group) is 1. The fourth-order valence-corrected chi connectivity index (χ4v) is 3.57. The Bertz CT molecular complexity index is 664. The molecule has 1 aromatic rings. The zero-order chi connectivity index (χ0) is 21.3. The minimum atomic E-state index is -0.260. The topological polar surface area (TPSA) is 99.5 Å². The number of aromatic nitrogens is 3. The minimum absolute atomic E-state index is 0.0817. The van der Waals surface area contributed by atoms with Gasteiger partial charge in [0.2, 0.25) is 5.91 Å². The van der Waals surface area contributed by atoms with Gasteiger partial charge in [-0.05, 0) is 46.7 Å². The van der Waals surface area contributed by atoms with Gasteiger partial charge in [0.05, 0.1) is 0 Å². The van der Waals surface area contributed by atoms with Crippen LogP contribution in [-0.2, 0) is 17.8 Å². The van der Waals surface area contributed by atoms with Crippen LogP contribution >= 0.6 is 0 Å². The second kappa shape index (κ2) is 11.1. The van der Waals surface area contributed by atoms with Crippen molar-refractivity contribution in [2.45, 2.75) is 72.0 Å². The zero-order valence-electron chi connectivity index (χ0n) is 18.7. The number of carbonyl (C=O) groups excluding carboxylic acids is 1. The lowest BCUT2D eigenvalue weighted by molar-refractivity contribution is -0.121. The van der Waals surface area contributed by atoms with Crippen LogP contribution in [-0.4, -0.2) is 75.8 Å². The summed E-state index contributed by atoms with van der Waals surface area (Å²) in [6.07, 6.45) is 5.03. The first-order valence-electron chi connectivity index (χ1n) is 10.8. The van der Waals surface area contributed by atoms with Crippen LogP contribution in [0.3, 0.4) is 0 Å². The van der Waals surface area contributed by atoms with E-state index in [9.17, 15) is 4.79 Å². The number of nitrogens with one attached hydrogen (secondary N) is 3. The normalized spacial score (nSPS) is 18.1. The van der Waals surface area contributed by atoms with Crippen LogP contribution in [0.25, 0.3) is 0 Å². The number of aliphatic imine (C=N–C) groups is 1. The molecule has 1 aliphatic heterocycles. The number of hydrogen-bond donors (Lipinski definition) is 3. The van der Waals surface area contributed by atoms with Crippen LogP contribution in [0.15, 0.2) is 11.3 Å². The molecule has 1 amide bonds. The third-order valence-corrected chi connectivity index (χ3v) is 4.96. The van der Waals surface area contributed by atoms with Gasteiger partial charge in [-0.1, -0.05) is 13.8 Å². The van der Waals surface area contributed by atoms with Crippen LogP contribution in [0.2, 0.25) is 0 Å². The highest BCUT2D eigenvalue weighted by atomic mass is 16.2. The monoisotopic (exact) mass is 406 g/mol. The van der Waals surface area contributed by atoms with Gasteiger partial charge in [-0.25, -0.2) is 4.99 Å². The Morgan fingerprint density at radius 2 is 2.10 bits per heavy atom. The van der Waals surface area contributed by atoms with E-state index in [1.807, 2.05) is 25.3 Å². The maximum absolute atomic E-state index is 12.2. The number of hydrogen-bond acceptors (Lipinski definition) is 5. The van der Waals surface area contributed by atoms with Crippen LogP contribution in [0.1, 0.15) is 53.3 Å². The Labute approximate surface area is 174 Å². The molecule has 164 valence electrons. The Morgan fingerprint density at radius 1 is 1.31 bits per heavy atom. The molecule has 0 bridgehead atoms. The Morgan fingerprint density at radius 3 is 2.79 bits per heavy atom. The number of rotatable bonds is 9. The molecule has 1 saturated heterocycles. The highest BCUT2D eigenvalue weighted by Crippen LogP contribution is 2.15. The van der Waals surface area contributed by atoms with Gasteiger partial charge < -0.3 is 20.5 Å². The number of guanidine groups is 1. The van der Waals surface area contributed by atoms with Crippen molar-refractivity contribution in [2.75, 3.05) is 32.7 Å². The molecule has 29 heavy (non-hydrogen) atoms. The highest BCUT2D eigenvalue weighted by molar-refractivity contribution is 5.85. The van der Waals surface area contributed by atoms with E-state index < -0.39 is 0 Å². The molecule has 1 aromatic heterocycles. The van der Waals surface area contributed by atoms with E-state index >= 15 is 0 Å². The van der Waals surface area contributed by atoms with E-state index in [1.165, 1.54) is 12.8 Å². The van der Waals surface area contributed by atoms with Gasteiger partial charge in [-0.15, -0.1) is 10.2 Å². The van der Waals surface area contributed by atoms with E-state index in [0.29, 0.717) is 18.5 Å². The standard InChI is InChI=1S/C20H38N8O/c1-6-17-26-24-15-28(17)12-10-21-19(23-14-18(29)25-20(3,4)5)22-13-16-9-8-11-27(16)7-2/h15-16H,6-14H2,1-5H3,(H,25,29)(H2,21,22,23). The van der Waals surface area contributed by atoms with Gasteiger partial charge in [-0.3, -0.25) is 9.69 Å². The molecule has 0 saturated carbocycles. The minimum Gasteiger partial charge on any atom is -0.355 e. The van der Waals surface area contributed by atoms with Crippen molar-refractivity contribution in [3.8, 4) is 0 Å². The quantitative estimate of drug-likeness (QED) is 0.414. The maximum Gasteiger partial charge on any atom is 0.242 e. The van der Waals surface area contributed by atoms with E-state index in [2.05, 4.69) is 49.9 Å². The first-order chi connectivity index (χ1) is 13.8. The number of nitrogens with zero attached hydrogens (tertiary/aromatic N) is 5. The molecular weight excluding hydrogens is 368 g/mol. The summed E-state index contributed by atoms with van der Waals surface area (Å²) in [6.45, 7) is 14.7. The summed E-state index contributed by atoms with van der Waals surface area (Å²) in [6, 6.07) is 0.514. The first kappa shape index (κ1) is 23.1. The molecular formula is C20H38N8O. The molecule has 0 aliphatic carbocycles. The fourth-order valence-electron chi connectivity index (χ4n) is 3.57. The van der Waals surface area contributed by atoms with Crippen molar-refractivity contribution in [3.05, 3.63) is 12.2 Å². The molecule has 2 heterocycles. The molecule has 0 radical (unpaired) electrons. The predicted molar refractivity (Wildman–Crippen MR) is 116 cm³/mol. The van der Waals surface area contributed by atoms with Gasteiger partial charge >= 0.3 is 0 Å². The van der Waals surface area contributed by atoms with Crippen LogP contribution in [0.4, 0.5) is 0 Å². The third kappa shape index (κ3) is 8.00. The Hall–Kier alpha value is -2.16. The summed E-state index contributed by atoms with van der Waals surface area (Å²) < 4.78 is 2.03. The Kier molecular flexibility index (Phi) is 8.88. The van der Waals surface area contributed by atoms with Crippen molar-refractivity contribution in [2.24, 2.45) is 4.99 Å². The molecule has 0 spiro atoms. The van der Waals surface area contributed by atoms with Gasteiger partial charge in [0.15, 0.2) is 5.96 Å². The lowest BCUT2D eigenvalue weighted by atomic mass is 10.1. The van der Waals surface area contributed by atoms with Crippen molar-refractivity contribution < 1.29 is 4.79 Å². The van der Waals surface area contributed by atoms with Gasteiger partial charge in [-0.2, -0.15) is 0 Å². The molecule has 1 atom stereocenters. The average molecular weight is 407 g/mol. The fraction of sp³-hybridized carbons (Fsp3) is 0.800. The summed E-state index contributed by atoms with van der Waals surface area (Å²) in [5.41, 5.74) is -0.260. The molecule has 3 N–H and O–H groups in total. The molecule has 9 heteroatoms. The molecule has 1 unspecified atom stereocenters. The lowest BCUT2D eigenvalue weighted by Gasteiger charge is -2.24. The highest BCUT2D eigenvalue weighted by Gasteiger charge is 2.23.